The summed E-state index contributed by atoms with van der Waals surface area (Å²) in [6, 6.07) is 19.9. The number of anilines is 2. The second kappa shape index (κ2) is 9.13. The lowest BCUT2D eigenvalue weighted by atomic mass is 9.83. The number of halogens is 1. The monoisotopic (exact) mass is 424 g/mol. The summed E-state index contributed by atoms with van der Waals surface area (Å²) in [5.41, 5.74) is 1.11. The number of aromatic nitrogens is 2. The molecule has 0 saturated heterocycles. The molecule has 30 heavy (non-hydrogen) atoms. The van der Waals surface area contributed by atoms with E-state index in [1.165, 1.54) is 4.90 Å². The minimum atomic E-state index is -1.04. The minimum absolute atomic E-state index is 0.0607. The van der Waals surface area contributed by atoms with Crippen molar-refractivity contribution in [2.45, 2.75) is 26.8 Å². The van der Waals surface area contributed by atoms with Gasteiger partial charge in [0.1, 0.15) is 17.6 Å². The molecule has 0 aliphatic heterocycles. The van der Waals surface area contributed by atoms with Gasteiger partial charge in [-0.15, -0.1) is 0 Å². The van der Waals surface area contributed by atoms with E-state index in [1.54, 1.807) is 18.3 Å². The summed E-state index contributed by atoms with van der Waals surface area (Å²) in [4.78, 5) is 24.6. The maximum absolute atomic E-state index is 12.5. The van der Waals surface area contributed by atoms with Gasteiger partial charge in [0.25, 0.3) is 0 Å². The van der Waals surface area contributed by atoms with Crippen LogP contribution in [-0.2, 0) is 0 Å². The van der Waals surface area contributed by atoms with Gasteiger partial charge in [0, 0.05) is 11.9 Å². The fourth-order valence-corrected chi connectivity index (χ4v) is 3.61. The topological polar surface area (TPSA) is 69.6 Å². The van der Waals surface area contributed by atoms with Gasteiger partial charge in [0.2, 0.25) is 0 Å². The van der Waals surface area contributed by atoms with Crippen molar-refractivity contribution in [1.82, 2.24) is 14.9 Å². The lowest BCUT2D eigenvalue weighted by Crippen LogP contribution is -2.46. The first-order chi connectivity index (χ1) is 14.3. The van der Waals surface area contributed by atoms with E-state index < -0.39 is 17.6 Å². The zero-order chi connectivity index (χ0) is 21.7. The Bertz CT molecular complexity index is 977. The molecule has 2 heterocycles. The molecule has 0 fully saturated rings. The molecule has 0 aliphatic carbocycles. The van der Waals surface area contributed by atoms with Gasteiger partial charge in [-0.2, -0.15) is 0 Å². The molecule has 6 nitrogen and oxygen atoms in total. The van der Waals surface area contributed by atoms with Crippen LogP contribution in [0.2, 0.25) is 5.15 Å². The van der Waals surface area contributed by atoms with E-state index in [-0.39, 0.29) is 6.67 Å². The van der Waals surface area contributed by atoms with Gasteiger partial charge in [-0.25, -0.2) is 9.78 Å². The molecular formula is C23H25ClN4O2. The van der Waals surface area contributed by atoms with Crippen molar-refractivity contribution in [3.8, 4) is 0 Å². The Morgan fingerprint density at radius 3 is 2.30 bits per heavy atom. The Balaban J connectivity index is 2.08. The molecule has 0 spiro atoms. The van der Waals surface area contributed by atoms with Crippen LogP contribution >= 0.6 is 11.6 Å². The molecule has 1 atom stereocenters. The highest BCUT2D eigenvalue weighted by Gasteiger charge is 2.37. The predicted molar refractivity (Wildman–Crippen MR) is 119 cm³/mol. The van der Waals surface area contributed by atoms with Gasteiger partial charge in [0.05, 0.1) is 11.7 Å². The lowest BCUT2D eigenvalue weighted by Gasteiger charge is -2.40. The van der Waals surface area contributed by atoms with Crippen LogP contribution in [0, 0.1) is 5.41 Å². The quantitative estimate of drug-likeness (QED) is 0.388. The molecule has 0 aliphatic rings. The third kappa shape index (κ3) is 5.07. The summed E-state index contributed by atoms with van der Waals surface area (Å²) in [6.45, 7) is 6.08. The molecule has 156 valence electrons. The Morgan fingerprint density at radius 2 is 1.73 bits per heavy atom. The Kier molecular flexibility index (Phi) is 6.57. The second-order valence-corrected chi connectivity index (χ2v) is 8.39. The first-order valence-corrected chi connectivity index (χ1v) is 10.0. The van der Waals surface area contributed by atoms with E-state index in [0.29, 0.717) is 16.7 Å². The SMILES string of the molecule is CC(C)(C)C(c1ccccn1)N(CN(c1ccccc1)c1cccc(Cl)n1)C(=O)O. The Labute approximate surface area is 181 Å². The molecule has 1 aromatic carbocycles. The van der Waals surface area contributed by atoms with E-state index in [4.69, 9.17) is 11.6 Å². The van der Waals surface area contributed by atoms with Crippen LogP contribution in [0.5, 0.6) is 0 Å². The standard InChI is InChI=1S/C23H25ClN4O2/c1-23(2,3)21(18-12-7-8-15-25-18)28(22(29)30)16-27(17-10-5-4-6-11-17)20-14-9-13-19(24)26-20/h4-15,21H,16H2,1-3H3,(H,29,30). The molecule has 3 aromatic rings. The number of amides is 1. The number of nitrogens with zero attached hydrogens (tertiary/aromatic N) is 4. The number of carboxylic acid groups (broad SMARTS) is 1. The fraction of sp³-hybridized carbons (Fsp3) is 0.261. The van der Waals surface area contributed by atoms with Gasteiger partial charge in [-0.05, 0) is 41.8 Å². The first kappa shape index (κ1) is 21.6. The molecule has 0 bridgehead atoms. The van der Waals surface area contributed by atoms with Crippen LogP contribution < -0.4 is 4.90 Å². The number of para-hydroxylation sites is 1. The van der Waals surface area contributed by atoms with Crippen molar-refractivity contribution in [2.75, 3.05) is 11.6 Å². The average Bonchev–Trinajstić information content (AvgIpc) is 2.71. The average molecular weight is 425 g/mol. The lowest BCUT2D eigenvalue weighted by molar-refractivity contribution is 0.0812. The van der Waals surface area contributed by atoms with Gasteiger partial charge in [-0.1, -0.05) is 62.7 Å². The van der Waals surface area contributed by atoms with Crippen molar-refractivity contribution < 1.29 is 9.90 Å². The van der Waals surface area contributed by atoms with Crippen molar-refractivity contribution in [2.24, 2.45) is 5.41 Å². The summed E-state index contributed by atoms with van der Waals surface area (Å²) in [6.07, 6.45) is 0.644. The largest absolute Gasteiger partial charge is 0.465 e. The smallest absolute Gasteiger partial charge is 0.409 e. The molecule has 7 heteroatoms. The van der Waals surface area contributed by atoms with Gasteiger partial charge >= 0.3 is 6.09 Å². The molecule has 1 amide bonds. The summed E-state index contributed by atoms with van der Waals surface area (Å²) in [5.74, 6) is 0.564. The second-order valence-electron chi connectivity index (χ2n) is 8.00. The fourth-order valence-electron chi connectivity index (χ4n) is 3.46. The summed E-state index contributed by atoms with van der Waals surface area (Å²) >= 11 is 6.13. The van der Waals surface area contributed by atoms with Crippen LogP contribution in [0.3, 0.4) is 0 Å². The number of pyridine rings is 2. The van der Waals surface area contributed by atoms with Crippen LogP contribution in [0.4, 0.5) is 16.3 Å². The van der Waals surface area contributed by atoms with E-state index in [2.05, 4.69) is 9.97 Å². The first-order valence-electron chi connectivity index (χ1n) is 9.63. The van der Waals surface area contributed by atoms with E-state index in [1.807, 2.05) is 80.3 Å². The highest BCUT2D eigenvalue weighted by Crippen LogP contribution is 2.38. The maximum atomic E-state index is 12.5. The maximum Gasteiger partial charge on any atom is 0.409 e. The predicted octanol–water partition coefficient (Wildman–Crippen LogP) is 5.99. The molecule has 2 aromatic heterocycles. The van der Waals surface area contributed by atoms with Gasteiger partial charge in [-0.3, -0.25) is 9.88 Å². The minimum Gasteiger partial charge on any atom is -0.465 e. The van der Waals surface area contributed by atoms with Crippen LogP contribution in [0.15, 0.2) is 72.9 Å². The summed E-state index contributed by atoms with van der Waals surface area (Å²) in [7, 11) is 0. The van der Waals surface area contributed by atoms with Crippen molar-refractivity contribution in [3.63, 3.8) is 0 Å². The van der Waals surface area contributed by atoms with Crippen molar-refractivity contribution >= 4 is 29.2 Å². The highest BCUT2D eigenvalue weighted by molar-refractivity contribution is 6.29. The molecule has 1 unspecified atom stereocenters. The third-order valence-corrected chi connectivity index (χ3v) is 4.89. The molecule has 0 saturated carbocycles. The summed E-state index contributed by atoms with van der Waals surface area (Å²) in [5, 5.41) is 10.5. The van der Waals surface area contributed by atoms with Gasteiger partial charge < -0.3 is 10.0 Å². The molecular weight excluding hydrogens is 400 g/mol. The van der Waals surface area contributed by atoms with E-state index in [9.17, 15) is 9.90 Å². The number of benzene rings is 1. The van der Waals surface area contributed by atoms with Crippen LogP contribution in [0.1, 0.15) is 32.5 Å². The molecule has 0 radical (unpaired) electrons. The summed E-state index contributed by atoms with van der Waals surface area (Å²) < 4.78 is 0. The highest BCUT2D eigenvalue weighted by atomic mass is 35.5. The normalized spacial score (nSPS) is 12.3. The number of hydrogen-bond acceptors (Lipinski definition) is 4. The molecule has 3 rings (SSSR count). The van der Waals surface area contributed by atoms with Gasteiger partial charge in [0.15, 0.2) is 0 Å². The van der Waals surface area contributed by atoms with Crippen molar-refractivity contribution in [3.05, 3.63) is 83.8 Å². The number of hydrogen-bond donors (Lipinski definition) is 1. The van der Waals surface area contributed by atoms with Crippen LogP contribution in [0.25, 0.3) is 0 Å². The van der Waals surface area contributed by atoms with Crippen LogP contribution in [-0.4, -0.2) is 32.7 Å². The molecule has 1 N–H and O–H groups in total. The van der Waals surface area contributed by atoms with E-state index >= 15 is 0 Å². The Hall–Kier alpha value is -3.12. The number of rotatable bonds is 6. The van der Waals surface area contributed by atoms with Crippen molar-refractivity contribution in [1.29, 1.82) is 0 Å². The zero-order valence-corrected chi connectivity index (χ0v) is 18.0. The Morgan fingerprint density at radius 1 is 1.03 bits per heavy atom. The van der Waals surface area contributed by atoms with E-state index in [0.717, 1.165) is 5.69 Å². The number of carbonyl (C=O) groups is 1. The third-order valence-electron chi connectivity index (χ3n) is 4.68. The zero-order valence-electron chi connectivity index (χ0n) is 17.2.